The van der Waals surface area contributed by atoms with E-state index in [1.165, 1.54) is 6.42 Å². The Kier molecular flexibility index (Phi) is 1.61. The molecule has 1 fully saturated rings. The fourth-order valence-corrected chi connectivity index (χ4v) is 1.54. The number of halogens is 1. The van der Waals surface area contributed by atoms with Gasteiger partial charge in [0.1, 0.15) is 5.15 Å². The van der Waals surface area contributed by atoms with Gasteiger partial charge in [0.25, 0.3) is 0 Å². The third kappa shape index (κ3) is 1.38. The number of aromatic nitrogens is 1. The lowest BCUT2D eigenvalue weighted by atomic mass is 10.2. The Hall–Kier alpha value is -0.560. The second kappa shape index (κ2) is 2.49. The van der Waals surface area contributed by atoms with Gasteiger partial charge in [-0.05, 0) is 24.5 Å². The van der Waals surface area contributed by atoms with Crippen LogP contribution in [-0.4, -0.2) is 4.98 Å². The van der Waals surface area contributed by atoms with Crippen LogP contribution >= 0.6 is 11.6 Å². The zero-order valence-corrected chi connectivity index (χ0v) is 7.17. The van der Waals surface area contributed by atoms with Crippen LogP contribution in [0, 0.1) is 5.92 Å². The van der Waals surface area contributed by atoms with E-state index < -0.39 is 0 Å². The number of hydrogen-bond acceptors (Lipinski definition) is 1. The minimum Gasteiger partial charge on any atom is -0.241 e. The number of pyridine rings is 1. The highest BCUT2D eigenvalue weighted by atomic mass is 35.5. The molecule has 0 bridgehead atoms. The molecule has 11 heavy (non-hydrogen) atoms. The molecule has 0 amide bonds. The molecule has 1 aromatic heterocycles. The highest BCUT2D eigenvalue weighted by Crippen LogP contribution is 2.46. The van der Waals surface area contributed by atoms with Gasteiger partial charge in [0.05, 0.1) is 0 Å². The van der Waals surface area contributed by atoms with Crippen molar-refractivity contribution in [3.05, 3.63) is 29.0 Å². The Morgan fingerprint density at radius 1 is 1.55 bits per heavy atom. The quantitative estimate of drug-likeness (QED) is 0.587. The van der Waals surface area contributed by atoms with E-state index in [0.29, 0.717) is 11.1 Å². The summed E-state index contributed by atoms with van der Waals surface area (Å²) in [6, 6.07) is 5.84. The summed E-state index contributed by atoms with van der Waals surface area (Å²) in [5.74, 6) is 1.48. The molecule has 0 spiro atoms. The summed E-state index contributed by atoms with van der Waals surface area (Å²) in [7, 11) is 0. The monoisotopic (exact) mass is 167 g/mol. The van der Waals surface area contributed by atoms with Crippen LogP contribution in [0.15, 0.2) is 18.2 Å². The van der Waals surface area contributed by atoms with E-state index in [4.69, 9.17) is 11.6 Å². The van der Waals surface area contributed by atoms with Crippen LogP contribution in [-0.2, 0) is 0 Å². The largest absolute Gasteiger partial charge is 0.241 e. The van der Waals surface area contributed by atoms with Crippen LogP contribution < -0.4 is 0 Å². The van der Waals surface area contributed by atoms with Gasteiger partial charge in [-0.3, -0.25) is 0 Å². The van der Waals surface area contributed by atoms with Crippen molar-refractivity contribution in [1.82, 2.24) is 4.98 Å². The fourth-order valence-electron chi connectivity index (χ4n) is 1.36. The molecule has 1 saturated carbocycles. The zero-order valence-electron chi connectivity index (χ0n) is 6.42. The second-order valence-corrected chi connectivity index (χ2v) is 3.59. The lowest BCUT2D eigenvalue weighted by molar-refractivity contribution is 0.885. The van der Waals surface area contributed by atoms with E-state index in [-0.39, 0.29) is 0 Å². The third-order valence-corrected chi connectivity index (χ3v) is 2.44. The van der Waals surface area contributed by atoms with Crippen molar-refractivity contribution >= 4 is 11.6 Å². The summed E-state index contributed by atoms with van der Waals surface area (Å²) >= 11 is 5.75. The van der Waals surface area contributed by atoms with Gasteiger partial charge in [-0.15, -0.1) is 0 Å². The topological polar surface area (TPSA) is 12.9 Å². The third-order valence-electron chi connectivity index (χ3n) is 2.23. The van der Waals surface area contributed by atoms with Gasteiger partial charge < -0.3 is 0 Å². The van der Waals surface area contributed by atoms with E-state index in [1.54, 1.807) is 0 Å². The van der Waals surface area contributed by atoms with Gasteiger partial charge >= 0.3 is 0 Å². The Morgan fingerprint density at radius 3 is 2.82 bits per heavy atom. The number of nitrogens with zero attached hydrogens (tertiary/aromatic N) is 1. The van der Waals surface area contributed by atoms with E-state index in [2.05, 4.69) is 18.0 Å². The molecular weight excluding hydrogens is 158 g/mol. The van der Waals surface area contributed by atoms with Gasteiger partial charge in [0.2, 0.25) is 0 Å². The highest BCUT2D eigenvalue weighted by Gasteiger charge is 2.34. The Labute approximate surface area is 71.4 Å². The van der Waals surface area contributed by atoms with Gasteiger partial charge in [-0.1, -0.05) is 24.6 Å². The zero-order chi connectivity index (χ0) is 7.84. The predicted molar refractivity (Wildman–Crippen MR) is 45.8 cm³/mol. The van der Waals surface area contributed by atoms with E-state index in [9.17, 15) is 0 Å². The minimum absolute atomic E-state index is 0.613. The van der Waals surface area contributed by atoms with Crippen molar-refractivity contribution in [2.75, 3.05) is 0 Å². The Bertz CT molecular complexity index is 272. The van der Waals surface area contributed by atoms with Crippen LogP contribution in [0.2, 0.25) is 5.15 Å². The molecule has 0 saturated heterocycles. The average molecular weight is 168 g/mol. The van der Waals surface area contributed by atoms with Crippen molar-refractivity contribution in [2.45, 2.75) is 19.3 Å². The molecule has 1 aliphatic carbocycles. The SMILES string of the molecule is CC1CC1c1cccc(Cl)n1. The number of hydrogen-bond donors (Lipinski definition) is 0. The fraction of sp³-hybridized carbons (Fsp3) is 0.444. The lowest BCUT2D eigenvalue weighted by Gasteiger charge is -1.96. The molecule has 0 N–H and O–H groups in total. The van der Waals surface area contributed by atoms with Gasteiger partial charge in [0, 0.05) is 11.6 Å². The standard InChI is InChI=1S/C9H10ClN/c1-6-5-7(6)8-3-2-4-9(10)11-8/h2-4,6-7H,5H2,1H3. The van der Waals surface area contributed by atoms with Crippen LogP contribution in [0.1, 0.15) is 25.0 Å². The molecule has 1 nitrogen and oxygen atoms in total. The molecule has 2 heteroatoms. The first kappa shape index (κ1) is 7.11. The van der Waals surface area contributed by atoms with E-state index in [1.807, 2.05) is 12.1 Å². The van der Waals surface area contributed by atoms with Crippen LogP contribution in [0.3, 0.4) is 0 Å². The molecule has 1 aliphatic rings. The number of rotatable bonds is 1. The molecule has 0 radical (unpaired) electrons. The maximum Gasteiger partial charge on any atom is 0.129 e. The molecule has 2 atom stereocenters. The molecule has 0 aliphatic heterocycles. The summed E-state index contributed by atoms with van der Waals surface area (Å²) in [6.45, 7) is 2.24. The van der Waals surface area contributed by atoms with Gasteiger partial charge in [0.15, 0.2) is 0 Å². The first-order valence-corrected chi connectivity index (χ1v) is 4.27. The van der Waals surface area contributed by atoms with Crippen molar-refractivity contribution in [2.24, 2.45) is 5.92 Å². The van der Waals surface area contributed by atoms with Crippen LogP contribution in [0.25, 0.3) is 0 Å². The molecule has 0 aromatic carbocycles. The molecule has 2 unspecified atom stereocenters. The van der Waals surface area contributed by atoms with Crippen LogP contribution in [0.4, 0.5) is 0 Å². The summed E-state index contributed by atoms with van der Waals surface area (Å²) < 4.78 is 0. The summed E-state index contributed by atoms with van der Waals surface area (Å²) in [5.41, 5.74) is 1.16. The normalized spacial score (nSPS) is 28.5. The van der Waals surface area contributed by atoms with Crippen molar-refractivity contribution in [3.63, 3.8) is 0 Å². The van der Waals surface area contributed by atoms with Crippen LogP contribution in [0.5, 0.6) is 0 Å². The lowest BCUT2D eigenvalue weighted by Crippen LogP contribution is -1.86. The Morgan fingerprint density at radius 2 is 2.27 bits per heavy atom. The van der Waals surface area contributed by atoms with Crippen molar-refractivity contribution < 1.29 is 0 Å². The summed E-state index contributed by atoms with van der Waals surface area (Å²) in [6.07, 6.45) is 1.27. The second-order valence-electron chi connectivity index (χ2n) is 3.20. The van der Waals surface area contributed by atoms with Gasteiger partial charge in [-0.25, -0.2) is 4.98 Å². The summed E-state index contributed by atoms with van der Waals surface area (Å²) in [5, 5.41) is 0.613. The molecular formula is C9H10ClN. The predicted octanol–water partition coefficient (Wildman–Crippen LogP) is 2.86. The molecule has 1 aromatic rings. The smallest absolute Gasteiger partial charge is 0.129 e. The summed E-state index contributed by atoms with van der Waals surface area (Å²) in [4.78, 5) is 4.25. The van der Waals surface area contributed by atoms with Crippen molar-refractivity contribution in [1.29, 1.82) is 0 Å². The maximum atomic E-state index is 5.75. The Balaban J connectivity index is 2.25. The first-order valence-electron chi connectivity index (χ1n) is 3.90. The van der Waals surface area contributed by atoms with E-state index >= 15 is 0 Å². The molecule has 2 rings (SSSR count). The first-order chi connectivity index (χ1) is 5.27. The molecule has 58 valence electrons. The highest BCUT2D eigenvalue weighted by molar-refractivity contribution is 6.29. The minimum atomic E-state index is 0.613. The van der Waals surface area contributed by atoms with Crippen molar-refractivity contribution in [3.8, 4) is 0 Å². The average Bonchev–Trinajstić information content (AvgIpc) is 2.67. The maximum absolute atomic E-state index is 5.75. The van der Waals surface area contributed by atoms with E-state index in [0.717, 1.165) is 11.6 Å². The van der Waals surface area contributed by atoms with Gasteiger partial charge in [-0.2, -0.15) is 0 Å². The molecule has 1 heterocycles.